The Hall–Kier alpha value is -1.15. The lowest BCUT2D eigenvalue weighted by atomic mass is 9.99. The molecule has 0 saturated carbocycles. The lowest BCUT2D eigenvalue weighted by molar-refractivity contribution is -0.126. The van der Waals surface area contributed by atoms with Gasteiger partial charge in [-0.25, -0.2) is 0 Å². The smallest absolute Gasteiger partial charge is 0.281 e. The topological polar surface area (TPSA) is 69.7 Å². The van der Waals surface area contributed by atoms with Gasteiger partial charge in [-0.15, -0.1) is 0 Å². The quantitative estimate of drug-likeness (QED) is 0.826. The summed E-state index contributed by atoms with van der Waals surface area (Å²) in [6.07, 6.45) is 4.35. The number of amides is 1. The zero-order valence-electron chi connectivity index (χ0n) is 14.9. The Labute approximate surface area is 160 Å². The first-order valence-corrected chi connectivity index (χ1v) is 11.0. The molecule has 1 aromatic carbocycles. The van der Waals surface area contributed by atoms with Gasteiger partial charge < -0.3 is 5.32 Å². The third-order valence-corrected chi connectivity index (χ3v) is 7.36. The fraction of sp³-hybridized carbons (Fsp3) is 0.611. The van der Waals surface area contributed by atoms with Gasteiger partial charge in [0.15, 0.2) is 0 Å². The summed E-state index contributed by atoms with van der Waals surface area (Å²) >= 11 is 5.87. The molecule has 2 saturated heterocycles. The summed E-state index contributed by atoms with van der Waals surface area (Å²) in [5.74, 6) is -0.380. The van der Waals surface area contributed by atoms with Crippen molar-refractivity contribution in [2.45, 2.75) is 38.6 Å². The van der Waals surface area contributed by atoms with Crippen molar-refractivity contribution >= 4 is 27.7 Å². The van der Waals surface area contributed by atoms with Crippen LogP contribution >= 0.6 is 11.6 Å². The number of nitrogens with zero attached hydrogens (tertiary/aromatic N) is 2. The highest BCUT2D eigenvalue weighted by molar-refractivity contribution is 7.86. The number of carbonyl (C=O) groups excluding carboxylic acids is 1. The van der Waals surface area contributed by atoms with Crippen LogP contribution in [0, 0.1) is 5.92 Å². The predicted molar refractivity (Wildman–Crippen MR) is 102 cm³/mol. The molecule has 2 fully saturated rings. The number of carbonyl (C=O) groups is 1. The first-order valence-electron chi connectivity index (χ1n) is 9.24. The van der Waals surface area contributed by atoms with Gasteiger partial charge in [-0.05, 0) is 43.4 Å². The summed E-state index contributed by atoms with van der Waals surface area (Å²) in [5.41, 5.74) is 0.969. The second kappa shape index (κ2) is 8.69. The van der Waals surface area contributed by atoms with E-state index in [0.29, 0.717) is 37.6 Å². The Morgan fingerprint density at radius 1 is 1.04 bits per heavy atom. The summed E-state index contributed by atoms with van der Waals surface area (Å²) < 4.78 is 28.7. The molecule has 1 amide bonds. The summed E-state index contributed by atoms with van der Waals surface area (Å²) in [7, 11) is -3.45. The van der Waals surface area contributed by atoms with Gasteiger partial charge in [0.05, 0.1) is 5.92 Å². The lowest BCUT2D eigenvalue weighted by Crippen LogP contribution is -2.51. The molecule has 1 unspecified atom stereocenters. The zero-order chi connectivity index (χ0) is 18.6. The Kier molecular flexibility index (Phi) is 6.55. The summed E-state index contributed by atoms with van der Waals surface area (Å²) in [4.78, 5) is 12.5. The summed E-state index contributed by atoms with van der Waals surface area (Å²) in [5, 5.41) is 3.58. The van der Waals surface area contributed by atoms with Crippen molar-refractivity contribution in [3.63, 3.8) is 0 Å². The van der Waals surface area contributed by atoms with E-state index < -0.39 is 10.2 Å². The molecule has 0 spiro atoms. The fourth-order valence-corrected chi connectivity index (χ4v) is 5.46. The molecule has 2 aliphatic rings. The molecule has 6 nitrogen and oxygen atoms in total. The molecule has 0 aliphatic carbocycles. The van der Waals surface area contributed by atoms with E-state index in [4.69, 9.17) is 11.6 Å². The third-order valence-electron chi connectivity index (χ3n) is 5.10. The minimum Gasteiger partial charge on any atom is -0.352 e. The van der Waals surface area contributed by atoms with E-state index in [1.54, 1.807) is 16.4 Å². The van der Waals surface area contributed by atoms with E-state index >= 15 is 0 Å². The lowest BCUT2D eigenvalue weighted by Gasteiger charge is -2.36. The van der Waals surface area contributed by atoms with Crippen molar-refractivity contribution in [2.24, 2.45) is 5.92 Å². The van der Waals surface area contributed by atoms with Crippen LogP contribution in [0.2, 0.25) is 5.02 Å². The third kappa shape index (κ3) is 4.76. The van der Waals surface area contributed by atoms with Crippen molar-refractivity contribution in [1.29, 1.82) is 0 Å². The minimum absolute atomic E-state index is 0.0847. The normalized spacial score (nSPS) is 22.9. The molecule has 0 radical (unpaired) electrons. The number of benzene rings is 1. The van der Waals surface area contributed by atoms with Crippen molar-refractivity contribution in [2.75, 3.05) is 26.2 Å². The maximum Gasteiger partial charge on any atom is 0.281 e. The van der Waals surface area contributed by atoms with Gasteiger partial charge in [0.25, 0.3) is 10.2 Å². The molecule has 1 atom stereocenters. The molecule has 26 heavy (non-hydrogen) atoms. The highest BCUT2D eigenvalue weighted by atomic mass is 35.5. The maximum atomic E-state index is 12.8. The molecule has 1 aromatic rings. The molecule has 1 N–H and O–H groups in total. The van der Waals surface area contributed by atoms with Crippen LogP contribution in [0.3, 0.4) is 0 Å². The largest absolute Gasteiger partial charge is 0.352 e. The van der Waals surface area contributed by atoms with E-state index in [1.165, 1.54) is 4.31 Å². The highest BCUT2D eigenvalue weighted by Crippen LogP contribution is 2.23. The second-order valence-corrected chi connectivity index (χ2v) is 9.37. The molecule has 8 heteroatoms. The Morgan fingerprint density at radius 2 is 1.69 bits per heavy atom. The molecule has 2 aliphatic heterocycles. The zero-order valence-corrected chi connectivity index (χ0v) is 16.4. The van der Waals surface area contributed by atoms with Crippen LogP contribution in [-0.4, -0.2) is 49.1 Å². The van der Waals surface area contributed by atoms with Gasteiger partial charge in [0.2, 0.25) is 5.91 Å². The molecule has 3 rings (SSSR count). The van der Waals surface area contributed by atoms with Crippen molar-refractivity contribution in [1.82, 2.24) is 13.9 Å². The maximum absolute atomic E-state index is 12.8. The van der Waals surface area contributed by atoms with Crippen LogP contribution in [0.4, 0.5) is 0 Å². The number of rotatable bonds is 5. The molecular weight excluding hydrogens is 374 g/mol. The average molecular weight is 400 g/mol. The number of halogens is 1. The van der Waals surface area contributed by atoms with Gasteiger partial charge in [0, 0.05) is 37.7 Å². The standard InChI is InChI=1S/C18H26ClN3O3S/c19-17-8-6-15(7-9-17)13-20-18(23)16-5-4-12-22(14-16)26(24,25)21-10-2-1-3-11-21/h6-9,16H,1-5,10-14H2,(H,20,23). The molecule has 0 aromatic heterocycles. The Bertz CT molecular complexity index is 718. The van der Waals surface area contributed by atoms with Crippen LogP contribution in [-0.2, 0) is 21.5 Å². The Morgan fingerprint density at radius 3 is 2.38 bits per heavy atom. The van der Waals surface area contributed by atoms with Crippen molar-refractivity contribution < 1.29 is 13.2 Å². The van der Waals surface area contributed by atoms with Gasteiger partial charge in [-0.2, -0.15) is 17.0 Å². The van der Waals surface area contributed by atoms with E-state index in [9.17, 15) is 13.2 Å². The minimum atomic E-state index is -3.45. The molecule has 0 bridgehead atoms. The number of nitrogens with one attached hydrogen (secondary N) is 1. The van der Waals surface area contributed by atoms with Crippen molar-refractivity contribution in [3.05, 3.63) is 34.9 Å². The SMILES string of the molecule is O=C(NCc1ccc(Cl)cc1)C1CCCN(S(=O)(=O)N2CCCCC2)C1. The monoisotopic (exact) mass is 399 g/mol. The predicted octanol–water partition coefficient (Wildman–Crippen LogP) is 2.40. The van der Waals surface area contributed by atoms with Crippen LogP contribution in [0.1, 0.15) is 37.7 Å². The first kappa shape index (κ1) is 19.6. The van der Waals surface area contributed by atoms with Crippen LogP contribution in [0.5, 0.6) is 0 Å². The molecular formula is C18H26ClN3O3S. The van der Waals surface area contributed by atoms with Gasteiger partial charge >= 0.3 is 0 Å². The average Bonchev–Trinajstić information content (AvgIpc) is 2.68. The summed E-state index contributed by atoms with van der Waals surface area (Å²) in [6.45, 7) is 2.37. The number of hydrogen-bond acceptors (Lipinski definition) is 3. The van der Waals surface area contributed by atoms with Gasteiger partial charge in [-0.1, -0.05) is 30.2 Å². The Balaban J connectivity index is 1.56. The van der Waals surface area contributed by atoms with E-state index in [-0.39, 0.29) is 18.4 Å². The van der Waals surface area contributed by atoms with Crippen molar-refractivity contribution in [3.8, 4) is 0 Å². The number of hydrogen-bond donors (Lipinski definition) is 1. The van der Waals surface area contributed by atoms with E-state index in [2.05, 4.69) is 5.32 Å². The van der Waals surface area contributed by atoms with Gasteiger partial charge in [0.1, 0.15) is 0 Å². The highest BCUT2D eigenvalue weighted by Gasteiger charge is 2.36. The number of piperidine rings is 2. The molecule has 144 valence electrons. The van der Waals surface area contributed by atoms with Gasteiger partial charge in [-0.3, -0.25) is 4.79 Å². The van der Waals surface area contributed by atoms with E-state index in [0.717, 1.165) is 31.2 Å². The van der Waals surface area contributed by atoms with E-state index in [1.807, 2.05) is 12.1 Å². The van der Waals surface area contributed by atoms with Crippen LogP contribution in [0.15, 0.2) is 24.3 Å². The summed E-state index contributed by atoms with van der Waals surface area (Å²) in [6, 6.07) is 7.32. The fourth-order valence-electron chi connectivity index (χ4n) is 3.56. The van der Waals surface area contributed by atoms with Crippen LogP contribution < -0.4 is 5.32 Å². The molecule has 2 heterocycles. The first-order chi connectivity index (χ1) is 12.5. The second-order valence-electron chi connectivity index (χ2n) is 7.01. The van der Waals surface area contributed by atoms with Crippen LogP contribution in [0.25, 0.3) is 0 Å².